The van der Waals surface area contributed by atoms with Crippen LogP contribution in [0.2, 0.25) is 0 Å². The number of carbonyl (C=O) groups excluding carboxylic acids is 1. The lowest BCUT2D eigenvalue weighted by atomic mass is 10.0. The quantitative estimate of drug-likeness (QED) is 0.292. The van der Waals surface area contributed by atoms with E-state index in [4.69, 9.17) is 5.73 Å². The molecule has 0 radical (unpaired) electrons. The second-order valence-corrected chi connectivity index (χ2v) is 13.7. The van der Waals surface area contributed by atoms with Crippen LogP contribution in [-0.2, 0) is 22.0 Å². The Morgan fingerprint density at radius 3 is 2.45 bits per heavy atom. The number of benzene rings is 1. The van der Waals surface area contributed by atoms with Gasteiger partial charge in [-0.15, -0.1) is 0 Å². The molecule has 4 unspecified atom stereocenters. The number of aliphatic imine (C=N–C) groups is 1. The largest absolute Gasteiger partial charge is 0.431 e. The fourth-order valence-electron chi connectivity index (χ4n) is 4.75. The average Bonchev–Trinajstić information content (AvgIpc) is 3.66. The van der Waals surface area contributed by atoms with Crippen LogP contribution in [0, 0.1) is 35.3 Å². The van der Waals surface area contributed by atoms with E-state index in [-0.39, 0.29) is 29.8 Å². The van der Waals surface area contributed by atoms with Gasteiger partial charge in [-0.05, 0) is 84.3 Å². The second-order valence-electron chi connectivity index (χ2n) is 10.9. The molecular weight excluding hydrogens is 681 g/mol. The Morgan fingerprint density at radius 1 is 1.23 bits per heavy atom. The number of pyridine rings is 1. The first-order valence-corrected chi connectivity index (χ1v) is 15.4. The lowest BCUT2D eigenvalue weighted by Gasteiger charge is -2.21. The molecule has 1 aromatic heterocycles. The van der Waals surface area contributed by atoms with Crippen molar-refractivity contribution >= 4 is 38.3 Å². The fraction of sp³-hybridized carbons (Fsp3) is 0.414. The predicted octanol–water partition coefficient (Wildman–Crippen LogP) is 5.53. The van der Waals surface area contributed by atoms with Crippen molar-refractivity contribution in [3.05, 3.63) is 74.7 Å². The molecule has 0 bridgehead atoms. The number of aromatic nitrogens is 1. The summed E-state index contributed by atoms with van der Waals surface area (Å²) in [5.74, 6) is -3.28. The van der Waals surface area contributed by atoms with Gasteiger partial charge >= 0.3 is 6.18 Å². The van der Waals surface area contributed by atoms with E-state index in [0.29, 0.717) is 10.5 Å². The summed E-state index contributed by atoms with van der Waals surface area (Å²) in [7, 11) is -1.30. The molecule has 236 valence electrons. The molecule has 0 spiro atoms. The van der Waals surface area contributed by atoms with Gasteiger partial charge in [0.05, 0.1) is 11.7 Å². The van der Waals surface area contributed by atoms with E-state index in [2.05, 4.69) is 43.1 Å². The van der Waals surface area contributed by atoms with Crippen molar-refractivity contribution in [3.8, 4) is 11.8 Å². The first-order chi connectivity index (χ1) is 20.3. The number of nitrogens with zero attached hydrogens (tertiary/aromatic N) is 2. The van der Waals surface area contributed by atoms with Crippen LogP contribution in [0.5, 0.6) is 0 Å². The maximum atomic E-state index is 14.8. The Balaban J connectivity index is 1.68. The third-order valence-corrected chi connectivity index (χ3v) is 9.49. The van der Waals surface area contributed by atoms with Crippen molar-refractivity contribution in [1.29, 1.82) is 0 Å². The molecule has 6 nitrogen and oxygen atoms in total. The molecule has 4 rings (SSSR count). The van der Waals surface area contributed by atoms with Gasteiger partial charge in [0.25, 0.3) is 5.92 Å². The molecule has 0 saturated heterocycles. The zero-order valence-corrected chi connectivity index (χ0v) is 25.9. The summed E-state index contributed by atoms with van der Waals surface area (Å²) in [6, 6.07) is 4.68. The Bertz CT molecular complexity index is 1630. The van der Waals surface area contributed by atoms with Crippen LogP contribution >= 0.6 is 15.9 Å². The number of nitrogens with two attached hydrogens (primary N) is 1. The van der Waals surface area contributed by atoms with Gasteiger partial charge in [-0.3, -0.25) is 14.0 Å². The second kappa shape index (κ2) is 12.3. The highest BCUT2D eigenvalue weighted by Crippen LogP contribution is 2.62. The lowest BCUT2D eigenvalue weighted by molar-refractivity contribution is -0.120. The standard InChI is InChI=1S/C29H26BrF7N4O2S/c1-27(2,44(3)43)7-6-17-4-5-20(30)24(40-17)21(10-14-8-15(31)11-16(32)9-14)41-22(42)13-39-26-23(25(38)29(35,36)37)18-12-19(18)28(26,33)34/h4-5,8-9,11,18-19,21H,10,12-13,38H2,1-3H3,(H,41,42). The highest BCUT2D eigenvalue weighted by Gasteiger charge is 2.68. The summed E-state index contributed by atoms with van der Waals surface area (Å²) < 4.78 is 109. The van der Waals surface area contributed by atoms with Gasteiger partial charge in [-0.25, -0.2) is 13.8 Å². The number of allylic oxidation sites excluding steroid dienone is 2. The minimum atomic E-state index is -5.06. The fourth-order valence-corrected chi connectivity index (χ4v) is 5.44. The molecule has 4 atom stereocenters. The van der Waals surface area contributed by atoms with Crippen LogP contribution in [0.1, 0.15) is 43.3 Å². The SMILES string of the molecule is CS(=O)C(C)(C)C#Cc1ccc(Br)c(C(Cc2cc(F)cc(F)c2)NC(=O)CN=C2C(=C(N)C(F)(F)F)C3CC3C2(F)F)n1. The molecule has 0 aliphatic heterocycles. The molecule has 44 heavy (non-hydrogen) atoms. The Morgan fingerprint density at radius 2 is 1.86 bits per heavy atom. The Labute approximate surface area is 259 Å². The van der Waals surface area contributed by atoms with Crippen molar-refractivity contribution < 1.29 is 39.7 Å². The van der Waals surface area contributed by atoms with Crippen LogP contribution < -0.4 is 11.1 Å². The average molecular weight is 708 g/mol. The van der Waals surface area contributed by atoms with Crippen LogP contribution in [-0.4, -0.2) is 50.5 Å². The van der Waals surface area contributed by atoms with Crippen molar-refractivity contribution in [2.75, 3.05) is 12.8 Å². The van der Waals surface area contributed by atoms with Gasteiger partial charge in [-0.1, -0.05) is 5.92 Å². The molecule has 1 aromatic carbocycles. The van der Waals surface area contributed by atoms with Gasteiger partial charge < -0.3 is 11.1 Å². The van der Waals surface area contributed by atoms with E-state index in [1.165, 1.54) is 12.3 Å². The molecule has 2 fully saturated rings. The maximum absolute atomic E-state index is 14.8. The van der Waals surface area contributed by atoms with E-state index in [9.17, 15) is 39.7 Å². The van der Waals surface area contributed by atoms with Crippen molar-refractivity contribution in [2.45, 2.75) is 49.6 Å². The van der Waals surface area contributed by atoms with E-state index in [1.807, 2.05) is 0 Å². The van der Waals surface area contributed by atoms with Gasteiger partial charge in [-0.2, -0.15) is 22.0 Å². The highest BCUT2D eigenvalue weighted by atomic mass is 79.9. The molecular formula is C29H26BrF7N4O2S. The zero-order chi connectivity index (χ0) is 32.8. The number of alkyl halides is 5. The number of hydrogen-bond donors (Lipinski definition) is 2. The molecule has 1 amide bonds. The third-order valence-electron chi connectivity index (χ3n) is 7.28. The Hall–Kier alpha value is -3.25. The van der Waals surface area contributed by atoms with Gasteiger partial charge in [0.15, 0.2) is 0 Å². The summed E-state index contributed by atoms with van der Waals surface area (Å²) >= 11 is 3.33. The van der Waals surface area contributed by atoms with Crippen LogP contribution in [0.3, 0.4) is 0 Å². The number of fused-ring (bicyclic) bond motifs is 1. The van der Waals surface area contributed by atoms with E-state index in [0.717, 1.165) is 12.1 Å². The van der Waals surface area contributed by atoms with Crippen molar-refractivity contribution in [1.82, 2.24) is 10.3 Å². The minimum Gasteiger partial charge on any atom is -0.394 e. The predicted molar refractivity (Wildman–Crippen MR) is 154 cm³/mol. The number of carbonyl (C=O) groups is 1. The maximum Gasteiger partial charge on any atom is 0.431 e. The molecule has 2 aliphatic rings. The smallest absolute Gasteiger partial charge is 0.394 e. The number of rotatable bonds is 7. The summed E-state index contributed by atoms with van der Waals surface area (Å²) in [5, 5.41) is 2.53. The van der Waals surface area contributed by atoms with E-state index in [1.54, 1.807) is 19.9 Å². The van der Waals surface area contributed by atoms with Crippen molar-refractivity contribution in [2.24, 2.45) is 22.6 Å². The topological polar surface area (TPSA) is 97.4 Å². The number of halogens is 8. The number of hydrogen-bond acceptors (Lipinski definition) is 5. The first kappa shape index (κ1) is 33.6. The summed E-state index contributed by atoms with van der Waals surface area (Å²) in [5.41, 5.74) is 1.99. The van der Waals surface area contributed by atoms with E-state index >= 15 is 0 Å². The monoisotopic (exact) mass is 706 g/mol. The van der Waals surface area contributed by atoms with Crippen molar-refractivity contribution in [3.63, 3.8) is 0 Å². The van der Waals surface area contributed by atoms with Gasteiger partial charge in [0.2, 0.25) is 5.91 Å². The highest BCUT2D eigenvalue weighted by molar-refractivity contribution is 9.10. The summed E-state index contributed by atoms with van der Waals surface area (Å²) in [6.07, 6.45) is -3.98. The molecule has 15 heteroatoms. The summed E-state index contributed by atoms with van der Waals surface area (Å²) in [6.45, 7) is 2.35. The Kier molecular flexibility index (Phi) is 9.38. The van der Waals surface area contributed by atoms with Crippen LogP contribution in [0.15, 0.2) is 51.1 Å². The third kappa shape index (κ3) is 7.34. The first-order valence-electron chi connectivity index (χ1n) is 13.1. The van der Waals surface area contributed by atoms with Crippen LogP contribution in [0.4, 0.5) is 30.7 Å². The van der Waals surface area contributed by atoms with Gasteiger partial charge in [0, 0.05) is 39.1 Å². The molecule has 2 saturated carbocycles. The minimum absolute atomic E-state index is 0.109. The zero-order valence-electron chi connectivity index (χ0n) is 23.5. The van der Waals surface area contributed by atoms with Gasteiger partial charge in [0.1, 0.15) is 40.0 Å². The van der Waals surface area contributed by atoms with E-state index < -0.39 is 86.6 Å². The molecule has 2 aromatic rings. The molecule has 3 N–H and O–H groups in total. The lowest BCUT2D eigenvalue weighted by Crippen LogP contribution is -2.35. The normalized spacial score (nSPS) is 22.5. The molecule has 2 aliphatic carbocycles. The summed E-state index contributed by atoms with van der Waals surface area (Å²) in [4.78, 5) is 21.0. The van der Waals surface area contributed by atoms with Crippen LogP contribution in [0.25, 0.3) is 0 Å². The number of nitrogens with one attached hydrogen (secondary N) is 1. The number of amides is 1. The molecule has 1 heterocycles.